The highest BCUT2D eigenvalue weighted by molar-refractivity contribution is 9.10. The number of hydrogen-bond acceptors (Lipinski definition) is 2. The largest absolute Gasteiger partial charge is 0.370 e. The summed E-state index contributed by atoms with van der Waals surface area (Å²) in [5.74, 6) is -0.194. The molecule has 1 unspecified atom stereocenters. The van der Waals surface area contributed by atoms with E-state index in [2.05, 4.69) is 26.1 Å². The van der Waals surface area contributed by atoms with Gasteiger partial charge in [0.15, 0.2) is 0 Å². The zero-order valence-electron chi connectivity index (χ0n) is 9.63. The highest BCUT2D eigenvalue weighted by Crippen LogP contribution is 2.27. The molecule has 2 nitrogen and oxygen atoms in total. The molecule has 1 aromatic carbocycles. The zero-order valence-corrected chi connectivity index (χ0v) is 11.2. The molecule has 1 saturated heterocycles. The summed E-state index contributed by atoms with van der Waals surface area (Å²) >= 11 is 3.24. The molecule has 1 aliphatic carbocycles. The molecule has 2 fully saturated rings. The minimum Gasteiger partial charge on any atom is -0.370 e. The first-order valence-corrected chi connectivity index (χ1v) is 6.98. The Morgan fingerprint density at radius 1 is 1.24 bits per heavy atom. The third kappa shape index (κ3) is 2.63. The second kappa shape index (κ2) is 4.58. The van der Waals surface area contributed by atoms with Crippen molar-refractivity contribution in [1.82, 2.24) is 5.32 Å². The number of benzene rings is 1. The number of rotatable bonds is 3. The molecule has 3 rings (SSSR count). The first-order valence-electron chi connectivity index (χ1n) is 6.18. The molecule has 1 N–H and O–H groups in total. The maximum Gasteiger partial charge on any atom is 0.137 e. The van der Waals surface area contributed by atoms with Crippen molar-refractivity contribution in [3.8, 4) is 0 Å². The van der Waals surface area contributed by atoms with Crippen LogP contribution in [0.2, 0.25) is 0 Å². The fraction of sp³-hybridized carbons (Fsp3) is 0.538. The van der Waals surface area contributed by atoms with Crippen LogP contribution in [0, 0.1) is 5.82 Å². The van der Waals surface area contributed by atoms with Crippen molar-refractivity contribution in [2.45, 2.75) is 31.3 Å². The molecule has 0 bridgehead atoms. The van der Waals surface area contributed by atoms with Crippen molar-refractivity contribution in [1.29, 1.82) is 0 Å². The van der Waals surface area contributed by atoms with Crippen LogP contribution < -0.4 is 10.2 Å². The monoisotopic (exact) mass is 298 g/mol. The molecule has 1 heterocycles. The van der Waals surface area contributed by atoms with E-state index in [1.165, 1.54) is 25.3 Å². The number of hydrogen-bond donors (Lipinski definition) is 1. The van der Waals surface area contributed by atoms with E-state index in [-0.39, 0.29) is 5.82 Å². The van der Waals surface area contributed by atoms with Gasteiger partial charge < -0.3 is 10.2 Å². The smallest absolute Gasteiger partial charge is 0.137 e. The van der Waals surface area contributed by atoms with Gasteiger partial charge in [0.25, 0.3) is 0 Å². The second-order valence-electron chi connectivity index (χ2n) is 4.97. The standard InChI is InChI=1S/C13H16BrFN2/c14-12-7-11(3-4-13(12)15)17-6-5-10(8-17)16-9-1-2-9/h3-4,7,9-10,16H,1-2,5-6,8H2. The molecule has 1 saturated carbocycles. The van der Waals surface area contributed by atoms with E-state index in [0.717, 1.165) is 24.8 Å². The van der Waals surface area contributed by atoms with Gasteiger partial charge in [-0.05, 0) is 53.4 Å². The van der Waals surface area contributed by atoms with Gasteiger partial charge in [-0.3, -0.25) is 0 Å². The molecule has 0 radical (unpaired) electrons. The topological polar surface area (TPSA) is 15.3 Å². The highest BCUT2D eigenvalue weighted by Gasteiger charge is 2.29. The summed E-state index contributed by atoms with van der Waals surface area (Å²) in [6, 6.07) is 6.63. The lowest BCUT2D eigenvalue weighted by Crippen LogP contribution is -2.33. The Morgan fingerprint density at radius 3 is 2.76 bits per heavy atom. The Bertz CT molecular complexity index is 420. The lowest BCUT2D eigenvalue weighted by atomic mass is 10.2. The first-order chi connectivity index (χ1) is 8.22. The van der Waals surface area contributed by atoms with Crippen LogP contribution in [-0.2, 0) is 0 Å². The molecule has 0 amide bonds. The van der Waals surface area contributed by atoms with Crippen molar-refractivity contribution < 1.29 is 4.39 Å². The molecule has 1 atom stereocenters. The van der Waals surface area contributed by atoms with Gasteiger partial charge >= 0.3 is 0 Å². The number of nitrogens with zero attached hydrogens (tertiary/aromatic N) is 1. The maximum atomic E-state index is 13.2. The van der Waals surface area contributed by atoms with E-state index >= 15 is 0 Å². The van der Waals surface area contributed by atoms with Crippen molar-refractivity contribution in [3.05, 3.63) is 28.5 Å². The zero-order chi connectivity index (χ0) is 11.8. The van der Waals surface area contributed by atoms with E-state index in [1.54, 1.807) is 0 Å². The molecule has 4 heteroatoms. The normalized spacial score (nSPS) is 24.4. The SMILES string of the molecule is Fc1ccc(N2CCC(NC3CC3)C2)cc1Br. The van der Waals surface area contributed by atoms with Gasteiger partial charge in [0.2, 0.25) is 0 Å². The van der Waals surface area contributed by atoms with Crippen LogP contribution in [0.3, 0.4) is 0 Å². The molecule has 92 valence electrons. The van der Waals surface area contributed by atoms with E-state index in [0.29, 0.717) is 10.5 Å². The van der Waals surface area contributed by atoms with Gasteiger partial charge in [0, 0.05) is 30.9 Å². The van der Waals surface area contributed by atoms with Gasteiger partial charge in [-0.25, -0.2) is 4.39 Å². The van der Waals surface area contributed by atoms with Crippen LogP contribution in [0.15, 0.2) is 22.7 Å². The number of anilines is 1. The Morgan fingerprint density at radius 2 is 2.06 bits per heavy atom. The van der Waals surface area contributed by atoms with Crippen LogP contribution in [0.5, 0.6) is 0 Å². The highest BCUT2D eigenvalue weighted by atomic mass is 79.9. The summed E-state index contributed by atoms with van der Waals surface area (Å²) in [7, 11) is 0. The predicted octanol–water partition coefficient (Wildman–Crippen LogP) is 2.92. The van der Waals surface area contributed by atoms with Crippen molar-refractivity contribution >= 4 is 21.6 Å². The molecule has 0 aromatic heterocycles. The molecule has 0 spiro atoms. The van der Waals surface area contributed by atoms with Crippen LogP contribution in [0.4, 0.5) is 10.1 Å². The van der Waals surface area contributed by atoms with Gasteiger partial charge in [-0.1, -0.05) is 0 Å². The Hall–Kier alpha value is -0.610. The molecule has 1 aliphatic heterocycles. The number of halogens is 2. The van der Waals surface area contributed by atoms with Crippen molar-refractivity contribution in [3.63, 3.8) is 0 Å². The molecule has 1 aromatic rings. The van der Waals surface area contributed by atoms with Crippen molar-refractivity contribution in [2.24, 2.45) is 0 Å². The maximum absolute atomic E-state index is 13.2. The summed E-state index contributed by atoms with van der Waals surface area (Å²) in [5, 5.41) is 3.65. The Labute approximate surface area is 109 Å². The Kier molecular flexibility index (Phi) is 3.09. The third-order valence-corrected chi connectivity index (χ3v) is 4.11. The molecule has 2 aliphatic rings. The van der Waals surface area contributed by atoms with E-state index in [9.17, 15) is 4.39 Å². The summed E-state index contributed by atoms with van der Waals surface area (Å²) in [5.41, 5.74) is 1.11. The van der Waals surface area contributed by atoms with E-state index in [4.69, 9.17) is 0 Å². The minimum atomic E-state index is -0.194. The van der Waals surface area contributed by atoms with Crippen LogP contribution >= 0.6 is 15.9 Å². The average Bonchev–Trinajstić information content (AvgIpc) is 2.99. The van der Waals surface area contributed by atoms with Gasteiger partial charge in [-0.2, -0.15) is 0 Å². The lowest BCUT2D eigenvalue weighted by Gasteiger charge is -2.19. The molecule has 17 heavy (non-hydrogen) atoms. The molecular formula is C13H16BrFN2. The quantitative estimate of drug-likeness (QED) is 0.923. The van der Waals surface area contributed by atoms with Crippen molar-refractivity contribution in [2.75, 3.05) is 18.0 Å². The van der Waals surface area contributed by atoms with Gasteiger partial charge in [-0.15, -0.1) is 0 Å². The summed E-state index contributed by atoms with van der Waals surface area (Å²) in [6.07, 6.45) is 3.85. The van der Waals surface area contributed by atoms with Gasteiger partial charge in [0.05, 0.1) is 4.47 Å². The predicted molar refractivity (Wildman–Crippen MR) is 70.9 cm³/mol. The lowest BCUT2D eigenvalue weighted by molar-refractivity contribution is 0.548. The molecular weight excluding hydrogens is 283 g/mol. The van der Waals surface area contributed by atoms with E-state index in [1.807, 2.05) is 12.1 Å². The van der Waals surface area contributed by atoms with Gasteiger partial charge in [0.1, 0.15) is 5.82 Å². The van der Waals surface area contributed by atoms with E-state index < -0.39 is 0 Å². The third-order valence-electron chi connectivity index (χ3n) is 3.51. The summed E-state index contributed by atoms with van der Waals surface area (Å²) in [4.78, 5) is 2.32. The summed E-state index contributed by atoms with van der Waals surface area (Å²) < 4.78 is 13.7. The minimum absolute atomic E-state index is 0.194. The van der Waals surface area contributed by atoms with Crippen LogP contribution in [0.25, 0.3) is 0 Å². The fourth-order valence-corrected chi connectivity index (χ4v) is 2.76. The number of nitrogens with one attached hydrogen (secondary N) is 1. The van der Waals surface area contributed by atoms with Crippen LogP contribution in [0.1, 0.15) is 19.3 Å². The Balaban J connectivity index is 1.66. The fourth-order valence-electron chi connectivity index (χ4n) is 2.40. The average molecular weight is 299 g/mol. The second-order valence-corrected chi connectivity index (χ2v) is 5.83. The first kappa shape index (κ1) is 11.5. The van der Waals surface area contributed by atoms with Crippen LogP contribution in [-0.4, -0.2) is 25.2 Å². The summed E-state index contributed by atoms with van der Waals surface area (Å²) in [6.45, 7) is 2.09.